The maximum absolute atomic E-state index is 11.7. The van der Waals surface area contributed by atoms with Crippen LogP contribution in [0.1, 0.15) is 40.2 Å². The van der Waals surface area contributed by atoms with Crippen molar-refractivity contribution in [3.05, 3.63) is 29.3 Å². The van der Waals surface area contributed by atoms with E-state index in [0.29, 0.717) is 17.9 Å². The molecule has 0 N–H and O–H groups in total. The minimum atomic E-state index is -1.94. The second-order valence-corrected chi connectivity index (χ2v) is 12.0. The van der Waals surface area contributed by atoms with Crippen LogP contribution >= 0.6 is 0 Å². The van der Waals surface area contributed by atoms with E-state index in [1.54, 1.807) is 27.0 Å². The van der Waals surface area contributed by atoms with Gasteiger partial charge in [0, 0.05) is 5.57 Å². The molecule has 24 heavy (non-hydrogen) atoms. The van der Waals surface area contributed by atoms with E-state index < -0.39 is 8.32 Å². The van der Waals surface area contributed by atoms with Crippen LogP contribution in [0.5, 0.6) is 11.5 Å². The fourth-order valence-electron chi connectivity index (χ4n) is 1.84. The number of hydrogen-bond acceptors (Lipinski definition) is 4. The summed E-state index contributed by atoms with van der Waals surface area (Å²) in [4.78, 5) is 11.7. The fraction of sp³-hybridized carbons (Fsp3) is 0.526. The summed E-state index contributed by atoms with van der Waals surface area (Å²) in [5.74, 6) is 1.11. The molecule has 0 aliphatic rings. The zero-order valence-electron chi connectivity index (χ0n) is 16.1. The lowest BCUT2D eigenvalue weighted by Crippen LogP contribution is -2.43. The Morgan fingerprint density at radius 1 is 1.21 bits per heavy atom. The maximum atomic E-state index is 11.7. The monoisotopic (exact) mass is 350 g/mol. The van der Waals surface area contributed by atoms with Crippen LogP contribution in [0.15, 0.2) is 23.8 Å². The number of benzene rings is 1. The predicted octanol–water partition coefficient (Wildman–Crippen LogP) is 5.05. The Balaban J connectivity index is 3.10. The third-order valence-corrected chi connectivity index (χ3v) is 8.68. The average Bonchev–Trinajstić information content (AvgIpc) is 2.47. The first-order valence-corrected chi connectivity index (χ1v) is 11.1. The standard InChI is InChI=1S/C19H30O4Si/c1-9-22-18(20)14(2)12-15-10-11-16(17(13-15)21-6)23-24(7,8)19(3,4)5/h10-13H,9H2,1-8H3/b14-12-. The van der Waals surface area contributed by atoms with E-state index in [4.69, 9.17) is 13.9 Å². The van der Waals surface area contributed by atoms with Crippen LogP contribution in [0, 0.1) is 0 Å². The molecule has 0 atom stereocenters. The molecule has 4 nitrogen and oxygen atoms in total. The molecular weight excluding hydrogens is 320 g/mol. The van der Waals surface area contributed by atoms with E-state index in [-0.39, 0.29) is 11.0 Å². The van der Waals surface area contributed by atoms with Crippen molar-refractivity contribution >= 4 is 20.4 Å². The van der Waals surface area contributed by atoms with Gasteiger partial charge in [-0.3, -0.25) is 0 Å². The highest BCUT2D eigenvalue weighted by atomic mass is 28.4. The quantitative estimate of drug-likeness (QED) is 0.409. The van der Waals surface area contributed by atoms with Gasteiger partial charge in [0.1, 0.15) is 5.75 Å². The SMILES string of the molecule is CCOC(=O)/C(C)=C\c1ccc(O[Si](C)(C)C(C)(C)C)c(OC)c1. The molecular formula is C19H30O4Si. The molecule has 0 radical (unpaired) electrons. The minimum absolute atomic E-state index is 0.108. The molecule has 0 aliphatic heterocycles. The summed E-state index contributed by atoms with van der Waals surface area (Å²) in [5.41, 5.74) is 1.43. The van der Waals surface area contributed by atoms with E-state index in [1.165, 1.54) is 0 Å². The topological polar surface area (TPSA) is 44.8 Å². The number of rotatable bonds is 6. The lowest BCUT2D eigenvalue weighted by Gasteiger charge is -2.36. The van der Waals surface area contributed by atoms with Gasteiger partial charge in [0.2, 0.25) is 0 Å². The number of hydrogen-bond donors (Lipinski definition) is 0. The highest BCUT2D eigenvalue weighted by Gasteiger charge is 2.39. The molecule has 1 rings (SSSR count). The Morgan fingerprint density at radius 2 is 1.83 bits per heavy atom. The zero-order valence-corrected chi connectivity index (χ0v) is 17.1. The van der Waals surface area contributed by atoms with Crippen LogP contribution in [0.25, 0.3) is 6.08 Å². The minimum Gasteiger partial charge on any atom is -0.541 e. The van der Waals surface area contributed by atoms with Crippen LogP contribution in [0.3, 0.4) is 0 Å². The van der Waals surface area contributed by atoms with Crippen LogP contribution < -0.4 is 9.16 Å². The van der Waals surface area contributed by atoms with E-state index in [0.717, 1.165) is 11.3 Å². The highest BCUT2D eigenvalue weighted by Crippen LogP contribution is 2.40. The molecule has 0 bridgehead atoms. The molecule has 134 valence electrons. The van der Waals surface area contributed by atoms with E-state index in [9.17, 15) is 4.79 Å². The summed E-state index contributed by atoms with van der Waals surface area (Å²) in [6.45, 7) is 14.9. The van der Waals surface area contributed by atoms with Gasteiger partial charge in [-0.1, -0.05) is 26.8 Å². The van der Waals surface area contributed by atoms with Crippen molar-refractivity contribution in [2.75, 3.05) is 13.7 Å². The second-order valence-electron chi connectivity index (χ2n) is 7.32. The van der Waals surface area contributed by atoms with Gasteiger partial charge < -0.3 is 13.9 Å². The van der Waals surface area contributed by atoms with Gasteiger partial charge in [0.25, 0.3) is 8.32 Å². The van der Waals surface area contributed by atoms with Crippen molar-refractivity contribution in [1.82, 2.24) is 0 Å². The van der Waals surface area contributed by atoms with Gasteiger partial charge in [0.05, 0.1) is 13.7 Å². The van der Waals surface area contributed by atoms with Crippen molar-refractivity contribution in [3.63, 3.8) is 0 Å². The van der Waals surface area contributed by atoms with Crippen LogP contribution in [0.2, 0.25) is 18.1 Å². The van der Waals surface area contributed by atoms with E-state index in [2.05, 4.69) is 33.9 Å². The number of carbonyl (C=O) groups excluding carboxylic acids is 1. The van der Waals surface area contributed by atoms with Crippen molar-refractivity contribution in [2.24, 2.45) is 0 Å². The van der Waals surface area contributed by atoms with Crippen LogP contribution in [-0.2, 0) is 9.53 Å². The molecule has 0 amide bonds. The summed E-state index contributed by atoms with van der Waals surface area (Å²) in [6.07, 6.45) is 1.79. The summed E-state index contributed by atoms with van der Waals surface area (Å²) < 4.78 is 16.8. The predicted molar refractivity (Wildman–Crippen MR) is 101 cm³/mol. The first kappa shape index (κ1) is 20.3. The third kappa shape index (κ3) is 5.13. The third-order valence-electron chi connectivity index (χ3n) is 4.34. The number of esters is 1. The summed E-state index contributed by atoms with van der Waals surface area (Å²) in [5, 5.41) is 0.108. The van der Waals surface area contributed by atoms with Gasteiger partial charge in [-0.25, -0.2) is 4.79 Å². The van der Waals surface area contributed by atoms with Crippen LogP contribution in [0.4, 0.5) is 0 Å². The van der Waals surface area contributed by atoms with Gasteiger partial charge in [-0.05, 0) is 55.8 Å². The summed E-state index contributed by atoms with van der Waals surface area (Å²) >= 11 is 0. The fourth-order valence-corrected chi connectivity index (χ4v) is 2.86. The number of ether oxygens (including phenoxy) is 2. The van der Waals surface area contributed by atoms with Crippen molar-refractivity contribution in [3.8, 4) is 11.5 Å². The molecule has 1 aromatic carbocycles. The number of methoxy groups -OCH3 is 1. The molecule has 0 unspecified atom stereocenters. The Hall–Kier alpha value is -1.75. The highest BCUT2D eigenvalue weighted by molar-refractivity contribution is 6.74. The average molecular weight is 351 g/mol. The Morgan fingerprint density at radius 3 is 2.33 bits per heavy atom. The Labute approximate surface area is 146 Å². The molecule has 0 fully saturated rings. The van der Waals surface area contributed by atoms with Crippen molar-refractivity contribution in [2.45, 2.75) is 52.8 Å². The molecule has 0 heterocycles. The normalized spacial score (nSPS) is 12.8. The molecule has 0 saturated carbocycles. The van der Waals surface area contributed by atoms with Gasteiger partial charge in [0.15, 0.2) is 5.75 Å². The molecule has 0 aromatic heterocycles. The molecule has 0 spiro atoms. The summed E-state index contributed by atoms with van der Waals surface area (Å²) in [6, 6.07) is 5.71. The first-order valence-electron chi connectivity index (χ1n) is 8.24. The van der Waals surface area contributed by atoms with Gasteiger partial charge in [-0.2, -0.15) is 0 Å². The molecule has 0 aliphatic carbocycles. The second kappa shape index (κ2) is 7.88. The largest absolute Gasteiger partial charge is 0.541 e. The molecule has 0 saturated heterocycles. The maximum Gasteiger partial charge on any atom is 0.333 e. The Kier molecular flexibility index (Phi) is 6.66. The van der Waals surface area contributed by atoms with E-state index in [1.807, 2.05) is 18.2 Å². The lowest BCUT2D eigenvalue weighted by molar-refractivity contribution is -0.138. The lowest BCUT2D eigenvalue weighted by atomic mass is 10.1. The summed E-state index contributed by atoms with van der Waals surface area (Å²) in [7, 11) is -0.316. The van der Waals surface area contributed by atoms with E-state index >= 15 is 0 Å². The van der Waals surface area contributed by atoms with Gasteiger partial charge >= 0.3 is 5.97 Å². The molecule has 1 aromatic rings. The number of carbonyl (C=O) groups is 1. The Bertz CT molecular complexity index is 612. The van der Waals surface area contributed by atoms with Crippen molar-refractivity contribution < 1.29 is 18.7 Å². The first-order chi connectivity index (χ1) is 11.0. The zero-order chi connectivity index (χ0) is 18.5. The van der Waals surface area contributed by atoms with Gasteiger partial charge in [-0.15, -0.1) is 0 Å². The van der Waals surface area contributed by atoms with Crippen LogP contribution in [-0.4, -0.2) is 28.0 Å². The van der Waals surface area contributed by atoms with Crippen molar-refractivity contribution in [1.29, 1.82) is 0 Å². The smallest absolute Gasteiger partial charge is 0.333 e. The molecule has 5 heteroatoms.